The number of benzene rings is 3. The van der Waals surface area contributed by atoms with Gasteiger partial charge in [-0.05, 0) is 42.0 Å². The standard InChI is InChI=1S/C25H20ClN3O3/c1-31-21-13-15-12-18-23(25(30)27-20-11-7-6-10-19(20)26)28-29(16-8-4-3-5-9-16)24(18)17(15)14-22(21)32-2/h3-11,13-14H,12H2,1-2H3,(H,27,30). The minimum Gasteiger partial charge on any atom is -0.493 e. The Morgan fingerprint density at radius 2 is 1.69 bits per heavy atom. The van der Waals surface area contributed by atoms with Crippen LogP contribution < -0.4 is 14.8 Å². The molecule has 0 saturated carbocycles. The number of nitrogens with one attached hydrogen (secondary N) is 1. The van der Waals surface area contributed by atoms with Crippen molar-refractivity contribution in [1.82, 2.24) is 9.78 Å². The van der Waals surface area contributed by atoms with Crippen LogP contribution in [0.2, 0.25) is 5.02 Å². The molecule has 0 aliphatic heterocycles. The van der Waals surface area contributed by atoms with Gasteiger partial charge in [-0.2, -0.15) is 5.10 Å². The lowest BCUT2D eigenvalue weighted by Crippen LogP contribution is -2.15. The molecule has 1 N–H and O–H groups in total. The molecular formula is C25H20ClN3O3. The first-order valence-electron chi connectivity index (χ1n) is 10.1. The summed E-state index contributed by atoms with van der Waals surface area (Å²) < 4.78 is 12.8. The first-order chi connectivity index (χ1) is 15.6. The van der Waals surface area contributed by atoms with E-state index in [0.29, 0.717) is 34.3 Å². The van der Waals surface area contributed by atoms with E-state index in [1.165, 1.54) is 0 Å². The van der Waals surface area contributed by atoms with E-state index in [9.17, 15) is 4.79 Å². The summed E-state index contributed by atoms with van der Waals surface area (Å²) in [5.74, 6) is 0.968. The molecule has 0 atom stereocenters. The number of halogens is 1. The molecule has 3 aromatic carbocycles. The van der Waals surface area contributed by atoms with Gasteiger partial charge in [0.25, 0.3) is 5.91 Å². The molecule has 0 unspecified atom stereocenters. The number of hydrogen-bond donors (Lipinski definition) is 1. The fourth-order valence-electron chi connectivity index (χ4n) is 4.06. The molecule has 0 saturated heterocycles. The van der Waals surface area contributed by atoms with Crippen molar-refractivity contribution >= 4 is 23.2 Å². The van der Waals surface area contributed by atoms with E-state index in [1.54, 1.807) is 26.4 Å². The van der Waals surface area contributed by atoms with E-state index in [-0.39, 0.29) is 5.91 Å². The maximum Gasteiger partial charge on any atom is 0.276 e. The summed E-state index contributed by atoms with van der Waals surface area (Å²) in [6.45, 7) is 0. The molecule has 1 aliphatic carbocycles. The zero-order valence-corrected chi connectivity index (χ0v) is 18.3. The van der Waals surface area contributed by atoms with Crippen molar-refractivity contribution in [3.63, 3.8) is 0 Å². The number of methoxy groups -OCH3 is 2. The Morgan fingerprint density at radius 1 is 1.00 bits per heavy atom. The van der Waals surface area contributed by atoms with Crippen molar-refractivity contribution in [3.05, 3.63) is 88.6 Å². The van der Waals surface area contributed by atoms with Crippen molar-refractivity contribution in [2.45, 2.75) is 6.42 Å². The number of fused-ring (bicyclic) bond motifs is 3. The van der Waals surface area contributed by atoms with E-state index in [2.05, 4.69) is 5.32 Å². The van der Waals surface area contributed by atoms with Crippen LogP contribution in [0.25, 0.3) is 16.9 Å². The summed E-state index contributed by atoms with van der Waals surface area (Å²) in [5.41, 5.74) is 5.50. The van der Waals surface area contributed by atoms with Gasteiger partial charge in [-0.3, -0.25) is 4.79 Å². The van der Waals surface area contributed by atoms with Gasteiger partial charge in [0.05, 0.1) is 36.3 Å². The van der Waals surface area contributed by atoms with Crippen molar-refractivity contribution < 1.29 is 14.3 Å². The van der Waals surface area contributed by atoms with Gasteiger partial charge in [-0.15, -0.1) is 0 Å². The molecule has 6 nitrogen and oxygen atoms in total. The number of nitrogens with zero attached hydrogens (tertiary/aromatic N) is 2. The van der Waals surface area contributed by atoms with Crippen molar-refractivity contribution in [2.75, 3.05) is 19.5 Å². The van der Waals surface area contributed by atoms with Crippen LogP contribution in [-0.2, 0) is 6.42 Å². The zero-order chi connectivity index (χ0) is 22.2. The number of para-hydroxylation sites is 2. The van der Waals surface area contributed by atoms with Crippen LogP contribution >= 0.6 is 11.6 Å². The number of ether oxygens (including phenoxy) is 2. The van der Waals surface area contributed by atoms with Gasteiger partial charge >= 0.3 is 0 Å². The SMILES string of the molecule is COc1cc2c(cc1OC)-c1c(c(C(=O)Nc3ccccc3Cl)nn1-c1ccccc1)C2. The monoisotopic (exact) mass is 445 g/mol. The topological polar surface area (TPSA) is 65.4 Å². The average molecular weight is 446 g/mol. The predicted molar refractivity (Wildman–Crippen MR) is 124 cm³/mol. The minimum absolute atomic E-state index is 0.309. The summed E-state index contributed by atoms with van der Waals surface area (Å²) in [7, 11) is 3.22. The molecule has 0 fully saturated rings. The number of hydrogen-bond acceptors (Lipinski definition) is 4. The van der Waals surface area contributed by atoms with Crippen LogP contribution in [0.1, 0.15) is 21.6 Å². The molecule has 7 heteroatoms. The van der Waals surface area contributed by atoms with Crippen LogP contribution in [0.5, 0.6) is 11.5 Å². The lowest BCUT2D eigenvalue weighted by molar-refractivity contribution is 0.102. The summed E-state index contributed by atoms with van der Waals surface area (Å²) in [5, 5.41) is 8.08. The van der Waals surface area contributed by atoms with Gasteiger partial charge in [0.2, 0.25) is 0 Å². The Hall–Kier alpha value is -3.77. The molecule has 1 heterocycles. The van der Waals surface area contributed by atoms with Gasteiger partial charge in [-0.1, -0.05) is 41.9 Å². The fourth-order valence-corrected chi connectivity index (χ4v) is 4.24. The number of anilines is 1. The quantitative estimate of drug-likeness (QED) is 0.395. The largest absolute Gasteiger partial charge is 0.493 e. The number of amides is 1. The molecule has 1 aliphatic rings. The summed E-state index contributed by atoms with van der Waals surface area (Å²) >= 11 is 6.25. The second-order valence-electron chi connectivity index (χ2n) is 7.40. The van der Waals surface area contributed by atoms with Crippen LogP contribution in [0, 0.1) is 0 Å². The molecule has 4 aromatic rings. The smallest absolute Gasteiger partial charge is 0.276 e. The highest BCUT2D eigenvalue weighted by Gasteiger charge is 2.32. The second kappa shape index (κ2) is 8.05. The summed E-state index contributed by atoms with van der Waals surface area (Å²) in [4.78, 5) is 13.3. The number of aromatic nitrogens is 2. The number of carbonyl (C=O) groups excluding carboxylic acids is 1. The molecule has 0 bridgehead atoms. The molecule has 5 rings (SSSR count). The molecule has 1 aromatic heterocycles. The van der Waals surface area contributed by atoms with Gasteiger partial charge in [0, 0.05) is 17.5 Å². The first kappa shape index (κ1) is 20.2. The highest BCUT2D eigenvalue weighted by Crippen LogP contribution is 2.45. The van der Waals surface area contributed by atoms with Crippen molar-refractivity contribution in [3.8, 4) is 28.4 Å². The Kier molecular flexibility index (Phi) is 5.07. The van der Waals surface area contributed by atoms with Crippen LogP contribution in [0.15, 0.2) is 66.7 Å². The molecular weight excluding hydrogens is 426 g/mol. The number of rotatable bonds is 5. The van der Waals surface area contributed by atoms with Gasteiger partial charge in [0.1, 0.15) is 0 Å². The summed E-state index contributed by atoms with van der Waals surface area (Å²) in [6.07, 6.45) is 0.559. The first-order valence-corrected chi connectivity index (χ1v) is 10.5. The highest BCUT2D eigenvalue weighted by atomic mass is 35.5. The van der Waals surface area contributed by atoms with Gasteiger partial charge in [0.15, 0.2) is 17.2 Å². The third-order valence-electron chi connectivity index (χ3n) is 5.55. The van der Waals surface area contributed by atoms with Crippen molar-refractivity contribution in [1.29, 1.82) is 0 Å². The third-order valence-corrected chi connectivity index (χ3v) is 5.88. The predicted octanol–water partition coefficient (Wildman–Crippen LogP) is 5.37. The molecule has 32 heavy (non-hydrogen) atoms. The van der Waals surface area contributed by atoms with Gasteiger partial charge < -0.3 is 14.8 Å². The van der Waals surface area contributed by atoms with E-state index >= 15 is 0 Å². The van der Waals surface area contributed by atoms with E-state index in [1.807, 2.05) is 59.3 Å². The normalized spacial score (nSPS) is 11.6. The van der Waals surface area contributed by atoms with Crippen LogP contribution in [-0.4, -0.2) is 29.9 Å². The Bertz CT molecular complexity index is 1330. The van der Waals surface area contributed by atoms with Crippen molar-refractivity contribution in [2.24, 2.45) is 0 Å². The average Bonchev–Trinajstić information content (AvgIpc) is 3.37. The number of carbonyl (C=O) groups is 1. The van der Waals surface area contributed by atoms with Crippen LogP contribution in [0.3, 0.4) is 0 Å². The Balaban J connectivity index is 1.66. The lowest BCUT2D eigenvalue weighted by atomic mass is 10.1. The van der Waals surface area contributed by atoms with Gasteiger partial charge in [-0.25, -0.2) is 4.68 Å². The summed E-state index contributed by atoms with van der Waals surface area (Å²) in [6, 6.07) is 20.8. The minimum atomic E-state index is -0.309. The Labute approximate surface area is 190 Å². The van der Waals surface area contributed by atoms with E-state index in [0.717, 1.165) is 28.1 Å². The van der Waals surface area contributed by atoms with E-state index in [4.69, 9.17) is 26.2 Å². The molecule has 0 radical (unpaired) electrons. The third kappa shape index (κ3) is 3.29. The maximum absolute atomic E-state index is 13.3. The van der Waals surface area contributed by atoms with Crippen LogP contribution in [0.4, 0.5) is 5.69 Å². The zero-order valence-electron chi connectivity index (χ0n) is 17.6. The Morgan fingerprint density at radius 3 is 2.41 bits per heavy atom. The maximum atomic E-state index is 13.3. The lowest BCUT2D eigenvalue weighted by Gasteiger charge is -2.12. The van der Waals surface area contributed by atoms with E-state index < -0.39 is 0 Å². The highest BCUT2D eigenvalue weighted by molar-refractivity contribution is 6.33. The molecule has 160 valence electrons. The second-order valence-corrected chi connectivity index (χ2v) is 7.81. The molecule has 1 amide bonds. The fraction of sp³-hybridized carbons (Fsp3) is 0.120. The molecule has 0 spiro atoms.